The number of aliphatic hydroxyl groups is 1. The van der Waals surface area contributed by atoms with E-state index >= 15 is 0 Å². The topological polar surface area (TPSA) is 26.7 Å². The van der Waals surface area contributed by atoms with Gasteiger partial charge in [0, 0.05) is 26.2 Å². The first kappa shape index (κ1) is 17.2. The third-order valence-electron chi connectivity index (χ3n) is 3.81. The van der Waals surface area contributed by atoms with Gasteiger partial charge in [-0.05, 0) is 37.2 Å². The van der Waals surface area contributed by atoms with E-state index in [0.29, 0.717) is 26.2 Å². The van der Waals surface area contributed by atoms with Crippen molar-refractivity contribution >= 4 is 0 Å². The van der Waals surface area contributed by atoms with Crippen molar-refractivity contribution < 1.29 is 22.7 Å². The van der Waals surface area contributed by atoms with Crippen LogP contribution in [0.25, 0.3) is 0 Å². The van der Waals surface area contributed by atoms with Crippen LogP contribution in [0.3, 0.4) is 0 Å². The van der Waals surface area contributed by atoms with Crippen LogP contribution in [0.4, 0.5) is 17.6 Å². The number of β-amino-alcohol motifs (C(OH)–C–C–N with tert-alkyl or cyclic N) is 1. The monoisotopic (exact) mass is 320 g/mol. The Balaban J connectivity index is 1.83. The number of alkyl halides is 3. The predicted molar refractivity (Wildman–Crippen MR) is 74.8 cm³/mol. The maximum atomic E-state index is 12.9. The molecule has 1 saturated heterocycles. The standard InChI is InChI=1S/C15H20F4N2O/c16-13-4-2-12(3-5-13)10-20-6-1-7-21(9-8-20)11-14(22)15(17,18)19/h2-5,14,22H,1,6-11H2/t14-/m0/s1. The highest BCUT2D eigenvalue weighted by Crippen LogP contribution is 2.21. The molecule has 0 saturated carbocycles. The van der Waals surface area contributed by atoms with Crippen molar-refractivity contribution in [3.63, 3.8) is 0 Å². The number of hydrogen-bond donors (Lipinski definition) is 1. The first-order chi connectivity index (χ1) is 10.3. The Morgan fingerprint density at radius 3 is 2.23 bits per heavy atom. The Bertz CT molecular complexity index is 464. The molecular weight excluding hydrogens is 300 g/mol. The number of halogens is 4. The summed E-state index contributed by atoms with van der Waals surface area (Å²) in [5.74, 6) is -0.285. The van der Waals surface area contributed by atoms with E-state index in [-0.39, 0.29) is 12.4 Å². The molecule has 0 aliphatic carbocycles. The van der Waals surface area contributed by atoms with Crippen LogP contribution in [-0.4, -0.2) is 59.9 Å². The minimum atomic E-state index is -4.57. The highest BCUT2D eigenvalue weighted by Gasteiger charge is 2.39. The summed E-state index contributed by atoms with van der Waals surface area (Å²) in [6.45, 7) is 2.68. The summed E-state index contributed by atoms with van der Waals surface area (Å²) in [4.78, 5) is 3.77. The van der Waals surface area contributed by atoms with E-state index in [4.69, 9.17) is 5.11 Å². The van der Waals surface area contributed by atoms with E-state index in [1.807, 2.05) is 0 Å². The van der Waals surface area contributed by atoms with Crippen LogP contribution >= 0.6 is 0 Å². The van der Waals surface area contributed by atoms with Crippen LogP contribution in [-0.2, 0) is 6.54 Å². The molecule has 1 fully saturated rings. The third kappa shape index (κ3) is 5.23. The Hall–Kier alpha value is -1.18. The summed E-state index contributed by atoms with van der Waals surface area (Å²) in [5, 5.41) is 9.14. The van der Waals surface area contributed by atoms with Gasteiger partial charge in [-0.25, -0.2) is 4.39 Å². The van der Waals surface area contributed by atoms with E-state index in [1.165, 1.54) is 12.1 Å². The third-order valence-corrected chi connectivity index (χ3v) is 3.81. The predicted octanol–water partition coefficient (Wildman–Crippen LogP) is 2.26. The van der Waals surface area contributed by atoms with Gasteiger partial charge in [0.1, 0.15) is 5.82 Å². The van der Waals surface area contributed by atoms with Crippen LogP contribution in [0, 0.1) is 5.82 Å². The Labute approximate surface area is 127 Å². The molecule has 1 aliphatic heterocycles. The number of aliphatic hydroxyl groups excluding tert-OH is 1. The fraction of sp³-hybridized carbons (Fsp3) is 0.600. The van der Waals surface area contributed by atoms with Crippen LogP contribution in [0.5, 0.6) is 0 Å². The van der Waals surface area contributed by atoms with Gasteiger partial charge in [0.2, 0.25) is 0 Å². The number of benzene rings is 1. The molecule has 0 spiro atoms. The second-order valence-corrected chi connectivity index (χ2v) is 5.61. The summed E-state index contributed by atoms with van der Waals surface area (Å²) in [7, 11) is 0. The van der Waals surface area contributed by atoms with Gasteiger partial charge >= 0.3 is 6.18 Å². The summed E-state index contributed by atoms with van der Waals surface area (Å²) >= 11 is 0. The van der Waals surface area contributed by atoms with Gasteiger partial charge < -0.3 is 5.11 Å². The summed E-state index contributed by atoms with van der Waals surface area (Å²) < 4.78 is 50.0. The van der Waals surface area contributed by atoms with Crippen LogP contribution in [0.15, 0.2) is 24.3 Å². The summed E-state index contributed by atoms with van der Waals surface area (Å²) in [6.07, 6.45) is -6.12. The quantitative estimate of drug-likeness (QED) is 0.862. The second-order valence-electron chi connectivity index (χ2n) is 5.61. The fourth-order valence-corrected chi connectivity index (χ4v) is 2.56. The van der Waals surface area contributed by atoms with Crippen molar-refractivity contribution in [3.8, 4) is 0 Å². The number of hydrogen-bond acceptors (Lipinski definition) is 3. The van der Waals surface area contributed by atoms with Crippen LogP contribution in [0.2, 0.25) is 0 Å². The molecule has 0 bridgehead atoms. The van der Waals surface area contributed by atoms with E-state index in [0.717, 1.165) is 18.5 Å². The molecule has 3 nitrogen and oxygen atoms in total. The van der Waals surface area contributed by atoms with Crippen molar-refractivity contribution in [1.82, 2.24) is 9.80 Å². The number of nitrogens with zero attached hydrogens (tertiary/aromatic N) is 2. The van der Waals surface area contributed by atoms with Gasteiger partial charge in [0.25, 0.3) is 0 Å². The molecule has 0 radical (unpaired) electrons. The summed E-state index contributed by atoms with van der Waals surface area (Å²) in [5.41, 5.74) is 0.977. The zero-order valence-electron chi connectivity index (χ0n) is 12.2. The Morgan fingerprint density at radius 2 is 1.59 bits per heavy atom. The SMILES string of the molecule is O[C@@H](CN1CCCN(Cc2ccc(F)cc2)CC1)C(F)(F)F. The maximum Gasteiger partial charge on any atom is 0.415 e. The molecule has 1 aliphatic rings. The van der Waals surface area contributed by atoms with Crippen LogP contribution in [0.1, 0.15) is 12.0 Å². The lowest BCUT2D eigenvalue weighted by atomic mass is 10.2. The van der Waals surface area contributed by atoms with Crippen molar-refractivity contribution in [1.29, 1.82) is 0 Å². The van der Waals surface area contributed by atoms with Gasteiger partial charge in [-0.3, -0.25) is 9.80 Å². The van der Waals surface area contributed by atoms with Gasteiger partial charge in [0.05, 0.1) is 0 Å². The van der Waals surface area contributed by atoms with Crippen LogP contribution < -0.4 is 0 Å². The zero-order valence-corrected chi connectivity index (χ0v) is 12.2. The van der Waals surface area contributed by atoms with Crippen molar-refractivity contribution in [2.75, 3.05) is 32.7 Å². The lowest BCUT2D eigenvalue weighted by Gasteiger charge is -2.25. The Morgan fingerprint density at radius 1 is 1.00 bits per heavy atom. The smallest absolute Gasteiger partial charge is 0.382 e. The molecule has 1 atom stereocenters. The molecule has 0 amide bonds. The molecule has 22 heavy (non-hydrogen) atoms. The molecule has 2 rings (SSSR count). The first-order valence-corrected chi connectivity index (χ1v) is 7.28. The highest BCUT2D eigenvalue weighted by atomic mass is 19.4. The largest absolute Gasteiger partial charge is 0.415 e. The molecule has 124 valence electrons. The van der Waals surface area contributed by atoms with Gasteiger partial charge in [0.15, 0.2) is 6.10 Å². The van der Waals surface area contributed by atoms with Crippen molar-refractivity contribution in [2.24, 2.45) is 0 Å². The van der Waals surface area contributed by atoms with Gasteiger partial charge in [-0.2, -0.15) is 13.2 Å². The first-order valence-electron chi connectivity index (χ1n) is 7.28. The van der Waals surface area contributed by atoms with Crippen molar-refractivity contribution in [3.05, 3.63) is 35.6 Å². The van der Waals surface area contributed by atoms with E-state index in [2.05, 4.69) is 4.90 Å². The minimum Gasteiger partial charge on any atom is -0.382 e. The minimum absolute atomic E-state index is 0.285. The lowest BCUT2D eigenvalue weighted by molar-refractivity contribution is -0.208. The molecule has 1 aromatic rings. The molecule has 7 heteroatoms. The summed E-state index contributed by atoms with van der Waals surface area (Å²) in [6, 6.07) is 6.23. The van der Waals surface area contributed by atoms with Gasteiger partial charge in [-0.1, -0.05) is 12.1 Å². The van der Waals surface area contributed by atoms with E-state index in [9.17, 15) is 17.6 Å². The molecule has 1 heterocycles. The molecule has 0 unspecified atom stereocenters. The second kappa shape index (κ2) is 7.39. The average molecular weight is 320 g/mol. The maximum absolute atomic E-state index is 12.9. The zero-order chi connectivity index (χ0) is 16.2. The molecular formula is C15H20F4N2O. The molecule has 1 N–H and O–H groups in total. The molecule has 1 aromatic carbocycles. The number of rotatable bonds is 4. The molecule has 0 aromatic heterocycles. The lowest BCUT2D eigenvalue weighted by Crippen LogP contribution is -2.42. The normalized spacial score (nSPS) is 19.9. The van der Waals surface area contributed by atoms with Crippen molar-refractivity contribution in [2.45, 2.75) is 25.2 Å². The highest BCUT2D eigenvalue weighted by molar-refractivity contribution is 5.15. The van der Waals surface area contributed by atoms with E-state index in [1.54, 1.807) is 17.0 Å². The van der Waals surface area contributed by atoms with E-state index < -0.39 is 12.3 Å². The van der Waals surface area contributed by atoms with Gasteiger partial charge in [-0.15, -0.1) is 0 Å². The fourth-order valence-electron chi connectivity index (χ4n) is 2.56. The Kier molecular flexibility index (Phi) is 5.77. The average Bonchev–Trinajstić information content (AvgIpc) is 2.66.